The van der Waals surface area contributed by atoms with Crippen LogP contribution in [0.5, 0.6) is 0 Å². The fourth-order valence-electron chi connectivity index (χ4n) is 3.60. The van der Waals surface area contributed by atoms with Crippen molar-refractivity contribution in [2.24, 2.45) is 11.3 Å². The van der Waals surface area contributed by atoms with Crippen molar-refractivity contribution in [3.8, 4) is 0 Å². The van der Waals surface area contributed by atoms with Crippen molar-refractivity contribution in [1.29, 1.82) is 0 Å². The summed E-state index contributed by atoms with van der Waals surface area (Å²) in [6.07, 6.45) is 5.95. The van der Waals surface area contributed by atoms with Crippen molar-refractivity contribution in [1.82, 2.24) is 4.90 Å². The molecule has 2 aliphatic rings. The van der Waals surface area contributed by atoms with Gasteiger partial charge in [-0.3, -0.25) is 4.79 Å². The summed E-state index contributed by atoms with van der Waals surface area (Å²) in [7, 11) is 0. The van der Waals surface area contributed by atoms with Crippen molar-refractivity contribution in [3.63, 3.8) is 0 Å². The number of amides is 1. The van der Waals surface area contributed by atoms with Crippen LogP contribution in [-0.2, 0) is 4.79 Å². The third-order valence-electron chi connectivity index (χ3n) is 4.26. The van der Waals surface area contributed by atoms with Gasteiger partial charge < -0.3 is 10.0 Å². The SMILES string of the molecule is CC(C)CC1(C(=O)N2CCC(O)C2)CCCC1. The van der Waals surface area contributed by atoms with Gasteiger partial charge in [-0.1, -0.05) is 26.7 Å². The molecule has 2 fully saturated rings. The molecule has 1 saturated carbocycles. The Labute approximate surface area is 104 Å². The number of nitrogens with zero attached hydrogens (tertiary/aromatic N) is 1. The molecule has 2 rings (SSSR count). The highest BCUT2D eigenvalue weighted by Crippen LogP contribution is 2.45. The monoisotopic (exact) mass is 239 g/mol. The molecule has 0 aromatic heterocycles. The van der Waals surface area contributed by atoms with Crippen molar-refractivity contribution in [2.75, 3.05) is 13.1 Å². The van der Waals surface area contributed by atoms with E-state index in [0.717, 1.165) is 32.2 Å². The maximum atomic E-state index is 12.7. The summed E-state index contributed by atoms with van der Waals surface area (Å²) in [5, 5.41) is 9.56. The van der Waals surface area contributed by atoms with Crippen LogP contribution in [0, 0.1) is 11.3 Å². The van der Waals surface area contributed by atoms with Gasteiger partial charge >= 0.3 is 0 Å². The Morgan fingerprint density at radius 2 is 2.06 bits per heavy atom. The lowest BCUT2D eigenvalue weighted by molar-refractivity contribution is -0.142. The number of hydrogen-bond acceptors (Lipinski definition) is 2. The van der Waals surface area contributed by atoms with Gasteiger partial charge in [-0.15, -0.1) is 0 Å². The van der Waals surface area contributed by atoms with Crippen LogP contribution in [-0.4, -0.2) is 35.1 Å². The second-order valence-electron chi connectivity index (χ2n) is 6.28. The minimum Gasteiger partial charge on any atom is -0.391 e. The number of aliphatic hydroxyl groups is 1. The number of carbonyl (C=O) groups excluding carboxylic acids is 1. The van der Waals surface area contributed by atoms with Gasteiger partial charge in [0, 0.05) is 18.5 Å². The fourth-order valence-corrected chi connectivity index (χ4v) is 3.60. The van der Waals surface area contributed by atoms with Crippen molar-refractivity contribution in [2.45, 2.75) is 58.5 Å². The lowest BCUT2D eigenvalue weighted by Gasteiger charge is -2.33. The minimum atomic E-state index is -0.295. The summed E-state index contributed by atoms with van der Waals surface area (Å²) in [6, 6.07) is 0. The number of likely N-dealkylation sites (tertiary alicyclic amines) is 1. The van der Waals surface area contributed by atoms with E-state index >= 15 is 0 Å². The molecule has 1 heterocycles. The summed E-state index contributed by atoms with van der Waals surface area (Å²) in [4.78, 5) is 14.6. The Hall–Kier alpha value is -0.570. The molecule has 0 aromatic rings. The van der Waals surface area contributed by atoms with Crippen LogP contribution >= 0.6 is 0 Å². The highest BCUT2D eigenvalue weighted by atomic mass is 16.3. The van der Waals surface area contributed by atoms with Crippen LogP contribution in [0.3, 0.4) is 0 Å². The van der Waals surface area contributed by atoms with Crippen LogP contribution in [0.25, 0.3) is 0 Å². The van der Waals surface area contributed by atoms with E-state index in [4.69, 9.17) is 0 Å². The maximum absolute atomic E-state index is 12.7. The first kappa shape index (κ1) is 12.9. The largest absolute Gasteiger partial charge is 0.391 e. The van der Waals surface area contributed by atoms with Gasteiger partial charge in [-0.2, -0.15) is 0 Å². The number of hydrogen-bond donors (Lipinski definition) is 1. The van der Waals surface area contributed by atoms with Gasteiger partial charge in [0.15, 0.2) is 0 Å². The Bertz CT molecular complexity index is 282. The number of rotatable bonds is 3. The average molecular weight is 239 g/mol. The van der Waals surface area contributed by atoms with E-state index in [9.17, 15) is 9.90 Å². The van der Waals surface area contributed by atoms with E-state index < -0.39 is 0 Å². The van der Waals surface area contributed by atoms with E-state index in [0.29, 0.717) is 18.4 Å². The molecule has 1 saturated heterocycles. The highest BCUT2D eigenvalue weighted by Gasteiger charge is 2.44. The van der Waals surface area contributed by atoms with Gasteiger partial charge in [0.25, 0.3) is 0 Å². The molecule has 0 aromatic carbocycles. The molecular formula is C14H25NO2. The van der Waals surface area contributed by atoms with Gasteiger partial charge in [-0.05, 0) is 31.6 Å². The molecule has 0 radical (unpaired) electrons. The van der Waals surface area contributed by atoms with Gasteiger partial charge in [0.1, 0.15) is 0 Å². The lowest BCUT2D eigenvalue weighted by atomic mass is 9.77. The first-order valence-corrected chi connectivity index (χ1v) is 7.01. The first-order valence-electron chi connectivity index (χ1n) is 7.01. The summed E-state index contributed by atoms with van der Waals surface area (Å²) in [5.74, 6) is 0.893. The van der Waals surface area contributed by atoms with Gasteiger partial charge in [0.05, 0.1) is 6.10 Å². The molecule has 0 spiro atoms. The van der Waals surface area contributed by atoms with Gasteiger partial charge in [-0.25, -0.2) is 0 Å². The molecule has 98 valence electrons. The predicted molar refractivity (Wildman–Crippen MR) is 67.6 cm³/mol. The van der Waals surface area contributed by atoms with Gasteiger partial charge in [0.2, 0.25) is 5.91 Å². The zero-order chi connectivity index (χ0) is 12.5. The Morgan fingerprint density at radius 3 is 2.53 bits per heavy atom. The van der Waals surface area contributed by atoms with E-state index in [-0.39, 0.29) is 11.5 Å². The zero-order valence-corrected chi connectivity index (χ0v) is 11.1. The van der Waals surface area contributed by atoms with E-state index in [1.165, 1.54) is 12.8 Å². The third kappa shape index (κ3) is 2.65. The quantitative estimate of drug-likeness (QED) is 0.820. The summed E-state index contributed by atoms with van der Waals surface area (Å²) in [6.45, 7) is 5.71. The normalized spacial score (nSPS) is 28.0. The predicted octanol–water partition coefficient (Wildman–Crippen LogP) is 2.19. The smallest absolute Gasteiger partial charge is 0.228 e. The molecule has 3 heteroatoms. The van der Waals surface area contributed by atoms with Crippen molar-refractivity contribution < 1.29 is 9.90 Å². The standard InChI is InChI=1S/C14H25NO2/c1-11(2)9-14(6-3-4-7-14)13(17)15-8-5-12(16)10-15/h11-12,16H,3-10H2,1-2H3. The molecule has 1 unspecified atom stereocenters. The second-order valence-corrected chi connectivity index (χ2v) is 6.28. The molecule has 1 aliphatic carbocycles. The molecule has 17 heavy (non-hydrogen) atoms. The van der Waals surface area contributed by atoms with Crippen molar-refractivity contribution in [3.05, 3.63) is 0 Å². The van der Waals surface area contributed by atoms with Crippen LogP contribution < -0.4 is 0 Å². The van der Waals surface area contributed by atoms with Crippen molar-refractivity contribution >= 4 is 5.91 Å². The lowest BCUT2D eigenvalue weighted by Crippen LogP contribution is -2.42. The average Bonchev–Trinajstić information content (AvgIpc) is 2.86. The minimum absolute atomic E-state index is 0.0990. The molecule has 1 amide bonds. The fraction of sp³-hybridized carbons (Fsp3) is 0.929. The summed E-state index contributed by atoms with van der Waals surface area (Å²) in [5.41, 5.74) is -0.0990. The van der Waals surface area contributed by atoms with E-state index in [2.05, 4.69) is 13.8 Å². The van der Waals surface area contributed by atoms with Crippen LogP contribution in [0.15, 0.2) is 0 Å². The number of β-amino-alcohol motifs (C(OH)–C–C–N with tert-alkyl or cyclic N) is 1. The first-order chi connectivity index (χ1) is 8.03. The van der Waals surface area contributed by atoms with Crippen LogP contribution in [0.2, 0.25) is 0 Å². The molecule has 1 aliphatic heterocycles. The molecule has 3 nitrogen and oxygen atoms in total. The molecule has 1 atom stereocenters. The third-order valence-corrected chi connectivity index (χ3v) is 4.26. The van der Waals surface area contributed by atoms with E-state index in [1.807, 2.05) is 4.90 Å². The maximum Gasteiger partial charge on any atom is 0.228 e. The molecule has 1 N–H and O–H groups in total. The molecule has 0 bridgehead atoms. The van der Waals surface area contributed by atoms with Crippen LogP contribution in [0.1, 0.15) is 52.4 Å². The second kappa shape index (κ2) is 4.97. The summed E-state index contributed by atoms with van der Waals surface area (Å²) < 4.78 is 0. The number of aliphatic hydroxyl groups excluding tert-OH is 1. The zero-order valence-electron chi connectivity index (χ0n) is 11.1. The highest BCUT2D eigenvalue weighted by molar-refractivity contribution is 5.83. The summed E-state index contributed by atoms with van der Waals surface area (Å²) >= 11 is 0. The Morgan fingerprint density at radius 1 is 1.41 bits per heavy atom. The van der Waals surface area contributed by atoms with E-state index in [1.54, 1.807) is 0 Å². The Balaban J connectivity index is 2.07. The molecular weight excluding hydrogens is 214 g/mol. The topological polar surface area (TPSA) is 40.5 Å². The Kier molecular flexibility index (Phi) is 3.76. The number of carbonyl (C=O) groups is 1. The van der Waals surface area contributed by atoms with Crippen LogP contribution in [0.4, 0.5) is 0 Å².